The molecule has 0 aliphatic heterocycles. The molecule has 5 rings (SSSR count). The van der Waals surface area contributed by atoms with Gasteiger partial charge in [-0.15, -0.1) is 0 Å². The summed E-state index contributed by atoms with van der Waals surface area (Å²) >= 11 is 0. The van der Waals surface area contributed by atoms with E-state index in [0.29, 0.717) is 10.8 Å². The zero-order valence-corrected chi connectivity index (χ0v) is 16.1. The summed E-state index contributed by atoms with van der Waals surface area (Å²) in [5.41, 5.74) is 5.09. The minimum atomic E-state index is -0.106. The first-order valence-corrected chi connectivity index (χ1v) is 10.5. The molecule has 1 heterocycles. The van der Waals surface area contributed by atoms with Crippen LogP contribution in [0.4, 0.5) is 0 Å². The van der Waals surface area contributed by atoms with Gasteiger partial charge in [0.2, 0.25) is 0 Å². The van der Waals surface area contributed by atoms with E-state index in [0.717, 1.165) is 30.6 Å². The Morgan fingerprint density at radius 2 is 1.88 bits per heavy atom. The van der Waals surface area contributed by atoms with Crippen molar-refractivity contribution in [1.29, 1.82) is 0 Å². The van der Waals surface area contributed by atoms with Crippen LogP contribution in [0.3, 0.4) is 0 Å². The number of fused-ring (bicyclic) bond motifs is 5. The average Bonchev–Trinajstić information content (AvgIpc) is 3.00. The molecule has 2 fully saturated rings. The van der Waals surface area contributed by atoms with Crippen molar-refractivity contribution < 1.29 is 5.11 Å². The summed E-state index contributed by atoms with van der Waals surface area (Å²) < 4.78 is 0. The van der Waals surface area contributed by atoms with Crippen molar-refractivity contribution in [3.63, 3.8) is 0 Å². The first-order valence-electron chi connectivity index (χ1n) is 10.5. The van der Waals surface area contributed by atoms with Gasteiger partial charge in [0, 0.05) is 12.4 Å². The minimum Gasteiger partial charge on any atom is -0.393 e. The van der Waals surface area contributed by atoms with Gasteiger partial charge in [0.05, 0.1) is 6.10 Å². The summed E-state index contributed by atoms with van der Waals surface area (Å²) in [6, 6.07) is 4.31. The normalized spacial score (nSPS) is 44.4. The second-order valence-electron chi connectivity index (χ2n) is 9.71. The molecule has 6 atom stereocenters. The Hall–Kier alpha value is -1.41. The molecule has 0 spiro atoms. The molecule has 0 saturated heterocycles. The number of allylic oxidation sites excluding steroid dienone is 3. The Balaban J connectivity index is 1.48. The highest BCUT2D eigenvalue weighted by Gasteiger charge is 2.56. The van der Waals surface area contributed by atoms with Crippen molar-refractivity contribution in [3.8, 4) is 0 Å². The zero-order chi connectivity index (χ0) is 17.9. The average molecular weight is 350 g/mol. The van der Waals surface area contributed by atoms with Gasteiger partial charge in [-0.3, -0.25) is 4.98 Å². The van der Waals surface area contributed by atoms with Crippen molar-refractivity contribution in [2.75, 3.05) is 0 Å². The number of aromatic nitrogens is 1. The predicted molar refractivity (Wildman–Crippen MR) is 105 cm³/mol. The van der Waals surface area contributed by atoms with E-state index in [-0.39, 0.29) is 6.10 Å². The molecule has 1 aromatic heterocycles. The molecule has 26 heavy (non-hydrogen) atoms. The Kier molecular flexibility index (Phi) is 3.73. The van der Waals surface area contributed by atoms with Crippen LogP contribution in [0, 0.1) is 28.6 Å². The van der Waals surface area contributed by atoms with Crippen LogP contribution in [0.25, 0.3) is 5.57 Å². The van der Waals surface area contributed by atoms with Gasteiger partial charge in [-0.2, -0.15) is 0 Å². The fourth-order valence-corrected chi connectivity index (χ4v) is 7.18. The van der Waals surface area contributed by atoms with Crippen molar-refractivity contribution in [2.24, 2.45) is 28.6 Å². The molecule has 0 unspecified atom stereocenters. The molecule has 1 aromatic rings. The third kappa shape index (κ3) is 2.24. The first kappa shape index (κ1) is 16.7. The lowest BCUT2D eigenvalue weighted by Crippen LogP contribution is -2.49. The van der Waals surface area contributed by atoms with E-state index >= 15 is 0 Å². The van der Waals surface area contributed by atoms with Gasteiger partial charge in [0.15, 0.2) is 0 Å². The van der Waals surface area contributed by atoms with E-state index in [1.54, 1.807) is 11.1 Å². The standard InChI is InChI=1S/C24H31NO/c1-23-11-9-18(26)14-17(23)5-6-19-21-8-7-20(16-4-3-13-25-15-16)24(21,2)12-10-22(19)23/h3-5,7,13,15,18-19,21-22,26H,6,8-12,14H2,1-2H3/t18-,19-,21-,22+,23-,24+/m0/s1. The van der Waals surface area contributed by atoms with Crippen LogP contribution in [0.5, 0.6) is 0 Å². The Labute approximate surface area is 157 Å². The number of hydrogen-bond donors (Lipinski definition) is 1. The number of aliphatic hydroxyl groups excluding tert-OH is 1. The molecule has 0 amide bonds. The molecule has 4 aliphatic carbocycles. The summed E-state index contributed by atoms with van der Waals surface area (Å²) in [6.07, 6.45) is 17.0. The van der Waals surface area contributed by atoms with Gasteiger partial charge in [0.25, 0.3) is 0 Å². The van der Waals surface area contributed by atoms with Crippen molar-refractivity contribution in [3.05, 3.63) is 47.8 Å². The van der Waals surface area contributed by atoms with Crippen LogP contribution in [-0.2, 0) is 0 Å². The quantitative estimate of drug-likeness (QED) is 0.689. The predicted octanol–water partition coefficient (Wildman–Crippen LogP) is 5.40. The molecule has 138 valence electrons. The lowest BCUT2D eigenvalue weighted by molar-refractivity contribution is -0.0238. The van der Waals surface area contributed by atoms with Crippen LogP contribution >= 0.6 is 0 Å². The molecular formula is C24H31NO. The van der Waals surface area contributed by atoms with E-state index in [1.807, 2.05) is 12.4 Å². The number of rotatable bonds is 1. The largest absolute Gasteiger partial charge is 0.393 e. The topological polar surface area (TPSA) is 33.1 Å². The maximum atomic E-state index is 10.2. The fourth-order valence-electron chi connectivity index (χ4n) is 7.18. The highest BCUT2D eigenvalue weighted by molar-refractivity contribution is 5.72. The maximum Gasteiger partial charge on any atom is 0.0577 e. The Bertz CT molecular complexity index is 766. The number of pyridine rings is 1. The molecule has 2 heteroatoms. The van der Waals surface area contributed by atoms with E-state index in [2.05, 4.69) is 43.1 Å². The van der Waals surface area contributed by atoms with Crippen molar-refractivity contribution in [1.82, 2.24) is 4.98 Å². The van der Waals surface area contributed by atoms with E-state index in [4.69, 9.17) is 0 Å². The van der Waals surface area contributed by atoms with Gasteiger partial charge in [0.1, 0.15) is 0 Å². The van der Waals surface area contributed by atoms with Gasteiger partial charge in [-0.25, -0.2) is 0 Å². The highest BCUT2D eigenvalue weighted by Crippen LogP contribution is 2.66. The summed E-state index contributed by atoms with van der Waals surface area (Å²) in [6.45, 7) is 5.03. The number of hydrogen-bond acceptors (Lipinski definition) is 2. The zero-order valence-electron chi connectivity index (χ0n) is 16.1. The molecular weight excluding hydrogens is 318 g/mol. The fraction of sp³-hybridized carbons (Fsp3) is 0.625. The molecule has 2 saturated carbocycles. The summed E-state index contributed by atoms with van der Waals surface area (Å²) in [5, 5.41) is 10.2. The summed E-state index contributed by atoms with van der Waals surface area (Å²) in [4.78, 5) is 4.38. The molecule has 2 nitrogen and oxygen atoms in total. The Morgan fingerprint density at radius 3 is 2.69 bits per heavy atom. The molecule has 4 aliphatic rings. The van der Waals surface area contributed by atoms with Gasteiger partial charge < -0.3 is 5.11 Å². The van der Waals surface area contributed by atoms with Crippen LogP contribution in [0.1, 0.15) is 64.4 Å². The Morgan fingerprint density at radius 1 is 1.04 bits per heavy atom. The second-order valence-corrected chi connectivity index (χ2v) is 9.71. The third-order valence-electron chi connectivity index (χ3n) is 8.63. The van der Waals surface area contributed by atoms with Gasteiger partial charge >= 0.3 is 0 Å². The van der Waals surface area contributed by atoms with Crippen LogP contribution in [0.15, 0.2) is 42.3 Å². The van der Waals surface area contributed by atoms with Crippen molar-refractivity contribution >= 4 is 5.57 Å². The monoisotopic (exact) mass is 349 g/mol. The van der Waals surface area contributed by atoms with Crippen molar-refractivity contribution in [2.45, 2.75) is 64.9 Å². The van der Waals surface area contributed by atoms with E-state index in [1.165, 1.54) is 37.7 Å². The molecule has 0 radical (unpaired) electrons. The van der Waals surface area contributed by atoms with Crippen LogP contribution in [-0.4, -0.2) is 16.2 Å². The van der Waals surface area contributed by atoms with Crippen LogP contribution < -0.4 is 0 Å². The smallest absolute Gasteiger partial charge is 0.0577 e. The first-order chi connectivity index (χ1) is 12.5. The van der Waals surface area contributed by atoms with E-state index in [9.17, 15) is 5.11 Å². The molecule has 1 N–H and O–H groups in total. The SMILES string of the molecule is C[C@]12CC[C@H](O)CC1=CC[C@@H]1[C@H]2CC[C@]2(C)C(c3cccnc3)=CC[C@@H]12. The van der Waals surface area contributed by atoms with E-state index < -0.39 is 0 Å². The highest BCUT2D eigenvalue weighted by atomic mass is 16.3. The lowest BCUT2D eigenvalue weighted by atomic mass is 9.47. The second kappa shape index (κ2) is 5.79. The van der Waals surface area contributed by atoms with Gasteiger partial charge in [-0.1, -0.05) is 37.6 Å². The molecule has 0 bridgehead atoms. The molecule has 0 aromatic carbocycles. The maximum absolute atomic E-state index is 10.2. The summed E-state index contributed by atoms with van der Waals surface area (Å²) in [7, 11) is 0. The summed E-state index contributed by atoms with van der Waals surface area (Å²) in [5.74, 6) is 2.36. The third-order valence-corrected chi connectivity index (χ3v) is 8.63. The van der Waals surface area contributed by atoms with Crippen LogP contribution in [0.2, 0.25) is 0 Å². The lowest BCUT2D eigenvalue weighted by Gasteiger charge is -2.57. The number of aliphatic hydroxyl groups is 1. The minimum absolute atomic E-state index is 0.106. The van der Waals surface area contributed by atoms with Gasteiger partial charge in [-0.05, 0) is 90.7 Å². The number of nitrogens with zero attached hydrogens (tertiary/aromatic N) is 1.